The Kier molecular flexibility index (Phi) is 5.28. The van der Waals surface area contributed by atoms with Crippen LogP contribution in [0.5, 0.6) is 0 Å². The molecule has 2 aromatic rings. The Hall–Kier alpha value is -2.47. The predicted molar refractivity (Wildman–Crippen MR) is 95.5 cm³/mol. The summed E-state index contributed by atoms with van der Waals surface area (Å²) < 4.78 is 14.9. The van der Waals surface area contributed by atoms with Crippen molar-refractivity contribution in [1.29, 1.82) is 0 Å². The molecular weight excluding hydrogens is 319 g/mol. The lowest BCUT2D eigenvalue weighted by molar-refractivity contribution is 0.0955. The fourth-order valence-corrected chi connectivity index (χ4v) is 3.00. The van der Waals surface area contributed by atoms with Crippen molar-refractivity contribution in [3.05, 3.63) is 59.2 Å². The van der Waals surface area contributed by atoms with Crippen molar-refractivity contribution in [2.75, 3.05) is 19.6 Å². The number of rotatable bonds is 5. The van der Waals surface area contributed by atoms with Gasteiger partial charge in [0.1, 0.15) is 5.82 Å². The van der Waals surface area contributed by atoms with E-state index in [9.17, 15) is 9.18 Å². The smallest absolute Gasteiger partial charge is 0.255 e. The molecule has 0 aliphatic carbocycles. The van der Waals surface area contributed by atoms with E-state index in [1.165, 1.54) is 17.7 Å². The summed E-state index contributed by atoms with van der Waals surface area (Å²) in [5.74, 6) is -0.321. The minimum Gasteiger partial charge on any atom is -0.348 e. The summed E-state index contributed by atoms with van der Waals surface area (Å²) in [5.41, 5.74) is 3.37. The van der Waals surface area contributed by atoms with Crippen molar-refractivity contribution in [2.24, 2.45) is 0 Å². The van der Waals surface area contributed by atoms with Gasteiger partial charge in [0, 0.05) is 13.1 Å². The van der Waals surface area contributed by atoms with Crippen LogP contribution in [0.15, 0.2) is 42.1 Å². The summed E-state index contributed by atoms with van der Waals surface area (Å²) >= 11 is 0. The van der Waals surface area contributed by atoms with E-state index in [1.807, 2.05) is 13.8 Å². The van der Waals surface area contributed by atoms with E-state index in [1.54, 1.807) is 23.0 Å². The molecule has 0 saturated heterocycles. The molecule has 6 heteroatoms. The van der Waals surface area contributed by atoms with Gasteiger partial charge in [0.2, 0.25) is 0 Å². The maximum atomic E-state index is 13.2. The maximum absolute atomic E-state index is 13.2. The van der Waals surface area contributed by atoms with Crippen LogP contribution in [0.25, 0.3) is 5.69 Å². The molecule has 0 spiro atoms. The molecule has 3 rings (SSSR count). The second kappa shape index (κ2) is 7.61. The van der Waals surface area contributed by atoms with Crippen molar-refractivity contribution in [1.82, 2.24) is 20.4 Å². The molecular formula is C19H23FN4O. The highest BCUT2D eigenvalue weighted by molar-refractivity contribution is 5.95. The van der Waals surface area contributed by atoms with E-state index in [0.29, 0.717) is 12.1 Å². The van der Waals surface area contributed by atoms with Gasteiger partial charge >= 0.3 is 0 Å². The number of benzene rings is 1. The molecule has 0 bridgehead atoms. The number of nitrogens with one attached hydrogen (secondary N) is 2. The van der Waals surface area contributed by atoms with E-state index >= 15 is 0 Å². The number of carbonyl (C=O) groups is 1. The van der Waals surface area contributed by atoms with Gasteiger partial charge in [-0.2, -0.15) is 5.10 Å². The standard InChI is InChI=1S/C19H23FN4O/c1-13(2)18-17(19(25)22-11-14-7-9-21-10-8-14)12-23-24(18)16-5-3-15(20)4-6-16/h3-7,12-13,21H,8-11H2,1-2H3,(H,22,25). The number of halogens is 1. The molecule has 1 amide bonds. The molecule has 0 radical (unpaired) electrons. The molecule has 2 N–H and O–H groups in total. The van der Waals surface area contributed by atoms with Gasteiger partial charge in [-0.3, -0.25) is 4.79 Å². The molecule has 1 aromatic carbocycles. The van der Waals surface area contributed by atoms with E-state index in [4.69, 9.17) is 0 Å². The molecule has 5 nitrogen and oxygen atoms in total. The highest BCUT2D eigenvalue weighted by Crippen LogP contribution is 2.23. The molecule has 2 heterocycles. The Morgan fingerprint density at radius 1 is 1.36 bits per heavy atom. The van der Waals surface area contributed by atoms with Gasteiger partial charge in [-0.15, -0.1) is 0 Å². The minimum atomic E-state index is -0.296. The molecule has 0 saturated carbocycles. The van der Waals surface area contributed by atoms with Crippen LogP contribution in [-0.4, -0.2) is 35.3 Å². The Balaban J connectivity index is 1.82. The lowest BCUT2D eigenvalue weighted by Gasteiger charge is -2.16. The summed E-state index contributed by atoms with van der Waals surface area (Å²) in [7, 11) is 0. The average molecular weight is 342 g/mol. The number of carbonyl (C=O) groups excluding carboxylic acids is 1. The summed E-state index contributed by atoms with van der Waals surface area (Å²) in [6.45, 7) is 6.39. The van der Waals surface area contributed by atoms with Crippen LogP contribution in [0.1, 0.15) is 42.2 Å². The van der Waals surface area contributed by atoms with Crippen molar-refractivity contribution in [3.8, 4) is 5.69 Å². The molecule has 1 aromatic heterocycles. The molecule has 1 aliphatic rings. The third-order valence-corrected chi connectivity index (χ3v) is 4.30. The van der Waals surface area contributed by atoms with Crippen LogP contribution in [0, 0.1) is 5.82 Å². The van der Waals surface area contributed by atoms with Crippen molar-refractivity contribution < 1.29 is 9.18 Å². The highest BCUT2D eigenvalue weighted by atomic mass is 19.1. The van der Waals surface area contributed by atoms with E-state index in [0.717, 1.165) is 30.9 Å². The first-order valence-corrected chi connectivity index (χ1v) is 8.57. The third-order valence-electron chi connectivity index (χ3n) is 4.30. The maximum Gasteiger partial charge on any atom is 0.255 e. The average Bonchev–Trinajstić information content (AvgIpc) is 3.06. The van der Waals surface area contributed by atoms with Gasteiger partial charge in [0.15, 0.2) is 0 Å². The second-order valence-electron chi connectivity index (χ2n) is 6.49. The van der Waals surface area contributed by atoms with Gasteiger partial charge in [-0.1, -0.05) is 25.5 Å². The topological polar surface area (TPSA) is 59.0 Å². The van der Waals surface area contributed by atoms with Crippen LogP contribution in [-0.2, 0) is 0 Å². The Morgan fingerprint density at radius 3 is 2.76 bits per heavy atom. The zero-order chi connectivity index (χ0) is 17.8. The van der Waals surface area contributed by atoms with Crippen LogP contribution in [0.4, 0.5) is 4.39 Å². The summed E-state index contributed by atoms with van der Waals surface area (Å²) in [4.78, 5) is 12.6. The van der Waals surface area contributed by atoms with Gasteiger partial charge in [-0.25, -0.2) is 9.07 Å². The number of amides is 1. The van der Waals surface area contributed by atoms with Gasteiger partial charge in [0.25, 0.3) is 5.91 Å². The fraction of sp³-hybridized carbons (Fsp3) is 0.368. The third kappa shape index (κ3) is 3.96. The summed E-state index contributed by atoms with van der Waals surface area (Å²) in [6.07, 6.45) is 4.66. The van der Waals surface area contributed by atoms with Crippen LogP contribution >= 0.6 is 0 Å². The SMILES string of the molecule is CC(C)c1c(C(=O)NCC2=CCNCC2)cnn1-c1ccc(F)cc1. The first kappa shape index (κ1) is 17.4. The molecule has 0 unspecified atom stereocenters. The lowest BCUT2D eigenvalue weighted by atomic mass is 10.0. The second-order valence-corrected chi connectivity index (χ2v) is 6.49. The summed E-state index contributed by atoms with van der Waals surface area (Å²) in [5, 5.41) is 10.6. The van der Waals surface area contributed by atoms with Gasteiger partial charge < -0.3 is 10.6 Å². The van der Waals surface area contributed by atoms with Crippen LogP contribution in [0.3, 0.4) is 0 Å². The zero-order valence-corrected chi connectivity index (χ0v) is 14.6. The number of hydrogen-bond donors (Lipinski definition) is 2. The minimum absolute atomic E-state index is 0.103. The van der Waals surface area contributed by atoms with Crippen LogP contribution < -0.4 is 10.6 Å². The Bertz CT molecular complexity index is 777. The number of nitrogens with zero attached hydrogens (tertiary/aromatic N) is 2. The normalized spacial score (nSPS) is 14.5. The molecule has 132 valence electrons. The largest absolute Gasteiger partial charge is 0.348 e. The van der Waals surface area contributed by atoms with Crippen molar-refractivity contribution >= 4 is 5.91 Å². The molecule has 25 heavy (non-hydrogen) atoms. The summed E-state index contributed by atoms with van der Waals surface area (Å²) in [6, 6.07) is 6.11. The zero-order valence-electron chi connectivity index (χ0n) is 14.6. The quantitative estimate of drug-likeness (QED) is 0.822. The molecule has 1 aliphatic heterocycles. The van der Waals surface area contributed by atoms with Gasteiger partial charge in [-0.05, 0) is 43.1 Å². The van der Waals surface area contributed by atoms with E-state index in [-0.39, 0.29) is 17.6 Å². The number of aromatic nitrogens is 2. The molecule has 0 atom stereocenters. The molecule has 0 fully saturated rings. The highest BCUT2D eigenvalue weighted by Gasteiger charge is 2.21. The number of hydrogen-bond acceptors (Lipinski definition) is 3. The predicted octanol–water partition coefficient (Wildman–Crippen LogP) is 2.78. The van der Waals surface area contributed by atoms with Gasteiger partial charge in [0.05, 0.1) is 23.1 Å². The lowest BCUT2D eigenvalue weighted by Crippen LogP contribution is -2.30. The fourth-order valence-electron chi connectivity index (χ4n) is 3.00. The Labute approximate surface area is 146 Å². The van der Waals surface area contributed by atoms with E-state index in [2.05, 4.69) is 21.8 Å². The Morgan fingerprint density at radius 2 is 2.12 bits per heavy atom. The van der Waals surface area contributed by atoms with Crippen molar-refractivity contribution in [2.45, 2.75) is 26.2 Å². The first-order valence-electron chi connectivity index (χ1n) is 8.57. The van der Waals surface area contributed by atoms with Crippen molar-refractivity contribution in [3.63, 3.8) is 0 Å². The first-order chi connectivity index (χ1) is 12.1. The monoisotopic (exact) mass is 342 g/mol. The van der Waals surface area contributed by atoms with E-state index < -0.39 is 0 Å². The van der Waals surface area contributed by atoms with Crippen LogP contribution in [0.2, 0.25) is 0 Å².